The van der Waals surface area contributed by atoms with Gasteiger partial charge in [-0.15, -0.1) is 0 Å². The highest BCUT2D eigenvalue weighted by Gasteiger charge is 2.18. The standard InChI is InChI=1S/C48H31N5/c1-2-12-35(13-3-1)51-43-17-7-4-14-38(43)40-29-32(20-26-45(40)51)33-21-27-46-41(30-33)39-15-5-8-18-44(39)52(46)36-22-24-37(25-23-36)53-47-19-9-6-16-42(47)50-48(53)34-11-10-28-49-31-34/h1-31H. The summed E-state index contributed by atoms with van der Waals surface area (Å²) in [5.74, 6) is 0.874. The van der Waals surface area contributed by atoms with Crippen molar-refractivity contribution in [3.8, 4) is 39.6 Å². The van der Waals surface area contributed by atoms with Gasteiger partial charge in [0.15, 0.2) is 0 Å². The van der Waals surface area contributed by atoms with Crippen LogP contribution in [0.4, 0.5) is 0 Å². The minimum Gasteiger partial charge on any atom is -0.309 e. The molecule has 0 saturated heterocycles. The number of pyridine rings is 1. The molecule has 4 heterocycles. The third-order valence-electron chi connectivity index (χ3n) is 10.5. The van der Waals surface area contributed by atoms with Crippen LogP contribution in [0.5, 0.6) is 0 Å². The second-order valence-electron chi connectivity index (χ2n) is 13.5. The quantitative estimate of drug-likeness (QED) is 0.182. The van der Waals surface area contributed by atoms with Crippen molar-refractivity contribution >= 4 is 54.6 Å². The largest absolute Gasteiger partial charge is 0.309 e. The number of fused-ring (bicyclic) bond motifs is 7. The Labute approximate surface area is 305 Å². The lowest BCUT2D eigenvalue weighted by Gasteiger charge is -2.12. The van der Waals surface area contributed by atoms with E-state index in [1.165, 1.54) is 60.4 Å². The van der Waals surface area contributed by atoms with E-state index in [4.69, 9.17) is 4.98 Å². The fourth-order valence-electron chi connectivity index (χ4n) is 8.17. The maximum absolute atomic E-state index is 5.01. The number of rotatable bonds is 5. The minimum atomic E-state index is 0.874. The van der Waals surface area contributed by atoms with Crippen LogP contribution < -0.4 is 0 Å². The van der Waals surface area contributed by atoms with Gasteiger partial charge < -0.3 is 9.13 Å². The van der Waals surface area contributed by atoms with Gasteiger partial charge in [-0.25, -0.2) is 4.98 Å². The van der Waals surface area contributed by atoms with E-state index in [1.54, 1.807) is 6.20 Å². The molecule has 4 aromatic heterocycles. The van der Waals surface area contributed by atoms with E-state index in [2.05, 4.69) is 182 Å². The number of hydrogen-bond donors (Lipinski definition) is 0. The van der Waals surface area contributed by atoms with E-state index < -0.39 is 0 Å². The van der Waals surface area contributed by atoms with Gasteiger partial charge >= 0.3 is 0 Å². The van der Waals surface area contributed by atoms with Gasteiger partial charge in [-0.1, -0.05) is 78.9 Å². The normalized spacial score (nSPS) is 11.8. The SMILES string of the molecule is c1ccc(-n2c3ccccc3c3cc(-c4ccc5c(c4)c4ccccc4n5-c4ccc(-n5c(-c6cccnc6)nc6ccccc65)cc4)ccc32)cc1. The number of aromatic nitrogens is 5. The second kappa shape index (κ2) is 11.7. The zero-order valence-electron chi connectivity index (χ0n) is 28.6. The average molecular weight is 678 g/mol. The first-order valence-corrected chi connectivity index (χ1v) is 17.9. The van der Waals surface area contributed by atoms with Gasteiger partial charge in [0.1, 0.15) is 5.82 Å². The van der Waals surface area contributed by atoms with Crippen LogP contribution in [0.3, 0.4) is 0 Å². The smallest absolute Gasteiger partial charge is 0.147 e. The highest BCUT2D eigenvalue weighted by atomic mass is 15.1. The van der Waals surface area contributed by atoms with Crippen LogP contribution >= 0.6 is 0 Å². The van der Waals surface area contributed by atoms with Gasteiger partial charge in [-0.3, -0.25) is 9.55 Å². The van der Waals surface area contributed by atoms with Crippen molar-refractivity contribution in [2.45, 2.75) is 0 Å². The van der Waals surface area contributed by atoms with Crippen molar-refractivity contribution in [1.29, 1.82) is 0 Å². The predicted molar refractivity (Wildman–Crippen MR) is 218 cm³/mol. The lowest BCUT2D eigenvalue weighted by molar-refractivity contribution is 1.09. The molecule has 5 nitrogen and oxygen atoms in total. The topological polar surface area (TPSA) is 40.6 Å². The molecule has 0 amide bonds. The second-order valence-corrected chi connectivity index (χ2v) is 13.5. The Morgan fingerprint density at radius 1 is 0.340 bits per heavy atom. The van der Waals surface area contributed by atoms with Crippen LogP contribution in [0.25, 0.3) is 94.2 Å². The van der Waals surface area contributed by atoms with Gasteiger partial charge in [0.05, 0.1) is 33.1 Å². The fraction of sp³-hybridized carbons (Fsp3) is 0. The van der Waals surface area contributed by atoms with Crippen molar-refractivity contribution in [3.05, 3.63) is 188 Å². The molecule has 0 fully saturated rings. The molecule has 5 heteroatoms. The van der Waals surface area contributed by atoms with Crippen LogP contribution in [0.2, 0.25) is 0 Å². The van der Waals surface area contributed by atoms with Crippen LogP contribution in [0, 0.1) is 0 Å². The van der Waals surface area contributed by atoms with Gasteiger partial charge in [0.25, 0.3) is 0 Å². The van der Waals surface area contributed by atoms with Gasteiger partial charge in [0.2, 0.25) is 0 Å². The van der Waals surface area contributed by atoms with Gasteiger partial charge in [0, 0.05) is 56.6 Å². The molecule has 0 bridgehead atoms. The zero-order chi connectivity index (χ0) is 34.9. The highest BCUT2D eigenvalue weighted by Crippen LogP contribution is 2.38. The third-order valence-corrected chi connectivity index (χ3v) is 10.5. The van der Waals surface area contributed by atoms with Crippen LogP contribution in [-0.4, -0.2) is 23.7 Å². The molecule has 11 rings (SSSR count). The zero-order valence-corrected chi connectivity index (χ0v) is 28.6. The lowest BCUT2D eigenvalue weighted by atomic mass is 10.0. The number of hydrogen-bond acceptors (Lipinski definition) is 2. The molecular weight excluding hydrogens is 647 g/mol. The minimum absolute atomic E-state index is 0.874. The monoisotopic (exact) mass is 677 g/mol. The van der Waals surface area contributed by atoms with Crippen molar-refractivity contribution in [2.24, 2.45) is 0 Å². The maximum Gasteiger partial charge on any atom is 0.147 e. The molecule has 11 aromatic rings. The molecular formula is C48H31N5. The van der Waals surface area contributed by atoms with E-state index in [0.29, 0.717) is 0 Å². The fourth-order valence-corrected chi connectivity index (χ4v) is 8.17. The van der Waals surface area contributed by atoms with E-state index >= 15 is 0 Å². The van der Waals surface area contributed by atoms with Gasteiger partial charge in [-0.05, 0) is 108 Å². The molecule has 53 heavy (non-hydrogen) atoms. The summed E-state index contributed by atoms with van der Waals surface area (Å²) in [6, 6.07) is 63.0. The third kappa shape index (κ3) is 4.57. The Balaban J connectivity index is 1.04. The molecule has 0 aliphatic carbocycles. The Morgan fingerprint density at radius 3 is 1.45 bits per heavy atom. The van der Waals surface area contributed by atoms with Crippen molar-refractivity contribution < 1.29 is 0 Å². The molecule has 248 valence electrons. The van der Waals surface area contributed by atoms with Crippen LogP contribution in [0.15, 0.2) is 188 Å². The lowest BCUT2D eigenvalue weighted by Crippen LogP contribution is -1.99. The summed E-state index contributed by atoms with van der Waals surface area (Å²) >= 11 is 0. The van der Waals surface area contributed by atoms with Gasteiger partial charge in [-0.2, -0.15) is 0 Å². The van der Waals surface area contributed by atoms with E-state index in [9.17, 15) is 0 Å². The molecule has 0 aliphatic heterocycles. The van der Waals surface area contributed by atoms with Crippen molar-refractivity contribution in [2.75, 3.05) is 0 Å². The first-order chi connectivity index (χ1) is 26.3. The summed E-state index contributed by atoms with van der Waals surface area (Å²) in [6.45, 7) is 0. The molecule has 0 N–H and O–H groups in total. The number of para-hydroxylation sites is 5. The molecule has 0 spiro atoms. The van der Waals surface area contributed by atoms with E-state index in [1.807, 2.05) is 18.3 Å². The summed E-state index contributed by atoms with van der Waals surface area (Å²) in [7, 11) is 0. The molecule has 0 unspecified atom stereocenters. The average Bonchev–Trinajstić information content (AvgIpc) is 3.89. The summed E-state index contributed by atoms with van der Waals surface area (Å²) in [6.07, 6.45) is 3.67. The number of imidazole rings is 1. The first-order valence-electron chi connectivity index (χ1n) is 17.9. The Hall–Kier alpha value is -7.24. The molecule has 0 atom stereocenters. The van der Waals surface area contributed by atoms with E-state index in [-0.39, 0.29) is 0 Å². The van der Waals surface area contributed by atoms with Crippen LogP contribution in [-0.2, 0) is 0 Å². The Morgan fingerprint density at radius 2 is 0.849 bits per heavy atom. The molecule has 7 aromatic carbocycles. The maximum atomic E-state index is 5.01. The summed E-state index contributed by atoms with van der Waals surface area (Å²) in [5, 5.41) is 4.97. The Kier molecular flexibility index (Phi) is 6.48. The van der Waals surface area contributed by atoms with E-state index in [0.717, 1.165) is 33.8 Å². The Bertz CT molecular complexity index is 3150. The number of benzene rings is 7. The first kappa shape index (κ1) is 29.5. The summed E-state index contributed by atoms with van der Waals surface area (Å²) < 4.78 is 6.97. The van der Waals surface area contributed by atoms with Crippen LogP contribution in [0.1, 0.15) is 0 Å². The summed E-state index contributed by atoms with van der Waals surface area (Å²) in [4.78, 5) is 9.39. The highest BCUT2D eigenvalue weighted by molar-refractivity contribution is 6.12. The van der Waals surface area contributed by atoms with Crippen molar-refractivity contribution in [1.82, 2.24) is 23.7 Å². The molecule has 0 saturated carbocycles. The predicted octanol–water partition coefficient (Wildman–Crippen LogP) is 11.9. The summed E-state index contributed by atoms with van der Waals surface area (Å²) in [5.41, 5.74) is 13.5. The molecule has 0 aliphatic rings. The molecule has 0 radical (unpaired) electrons. The number of nitrogens with zero attached hydrogens (tertiary/aromatic N) is 5. The van der Waals surface area contributed by atoms with Crippen molar-refractivity contribution in [3.63, 3.8) is 0 Å².